The number of fused-ring (bicyclic) bond motifs is 1. The maximum absolute atomic E-state index is 5.44. The van der Waals surface area contributed by atoms with Gasteiger partial charge in [-0.25, -0.2) is 4.98 Å². The van der Waals surface area contributed by atoms with Crippen molar-refractivity contribution in [1.29, 1.82) is 0 Å². The Labute approximate surface area is 175 Å². The highest BCUT2D eigenvalue weighted by molar-refractivity contribution is 14.0. The van der Waals surface area contributed by atoms with Crippen molar-refractivity contribution in [2.75, 3.05) is 27.8 Å². The van der Waals surface area contributed by atoms with Crippen LogP contribution in [-0.2, 0) is 19.5 Å². The highest BCUT2D eigenvalue weighted by atomic mass is 127. The molecule has 0 unspecified atom stereocenters. The van der Waals surface area contributed by atoms with Crippen LogP contribution in [0.2, 0.25) is 0 Å². The number of ether oxygens (including phenoxy) is 2. The summed E-state index contributed by atoms with van der Waals surface area (Å²) in [5.74, 6) is 2.47. The highest BCUT2D eigenvalue weighted by Crippen LogP contribution is 2.33. The number of thiazole rings is 1. The molecule has 0 saturated carbocycles. The van der Waals surface area contributed by atoms with Crippen LogP contribution in [0.15, 0.2) is 22.6 Å². The lowest BCUT2D eigenvalue weighted by Crippen LogP contribution is -2.43. The summed E-state index contributed by atoms with van der Waals surface area (Å²) < 4.78 is 10.8. The Bertz CT molecular complexity index is 779. The Morgan fingerprint density at radius 1 is 1.27 bits per heavy atom. The number of aryl methyl sites for hydroxylation is 1. The number of aliphatic imine (C=N–C) groups is 1. The molecule has 0 radical (unpaired) electrons. The third-order valence-electron chi connectivity index (χ3n) is 4.48. The van der Waals surface area contributed by atoms with Crippen LogP contribution in [0.4, 0.5) is 0 Å². The molecule has 3 rings (SSSR count). The van der Waals surface area contributed by atoms with Gasteiger partial charge in [0.2, 0.25) is 0 Å². The van der Waals surface area contributed by atoms with Gasteiger partial charge in [0.25, 0.3) is 0 Å². The van der Waals surface area contributed by atoms with Crippen molar-refractivity contribution in [3.8, 4) is 11.5 Å². The third-order valence-corrected chi connectivity index (χ3v) is 5.42. The molecule has 2 aromatic rings. The molecule has 0 amide bonds. The Hall–Kier alpha value is -1.55. The zero-order valence-corrected chi connectivity index (χ0v) is 18.7. The molecular weight excluding hydrogens is 463 g/mol. The van der Waals surface area contributed by atoms with Gasteiger partial charge in [-0.1, -0.05) is 0 Å². The summed E-state index contributed by atoms with van der Waals surface area (Å²) in [5, 5.41) is 3.45. The number of hydrogen-bond acceptors (Lipinski definition) is 5. The molecule has 1 aliphatic heterocycles. The summed E-state index contributed by atoms with van der Waals surface area (Å²) in [6.07, 6.45) is 0.954. The highest BCUT2D eigenvalue weighted by Gasteiger charge is 2.21. The van der Waals surface area contributed by atoms with Crippen molar-refractivity contribution in [3.63, 3.8) is 0 Å². The van der Waals surface area contributed by atoms with Crippen LogP contribution in [0.3, 0.4) is 0 Å². The molecule has 1 N–H and O–H groups in total. The fourth-order valence-electron chi connectivity index (χ4n) is 3.05. The number of guanidine groups is 1. The van der Waals surface area contributed by atoms with Crippen LogP contribution in [0, 0.1) is 6.92 Å². The summed E-state index contributed by atoms with van der Waals surface area (Å²) >= 11 is 1.67. The first-order chi connectivity index (χ1) is 12.2. The van der Waals surface area contributed by atoms with Gasteiger partial charge >= 0.3 is 0 Å². The van der Waals surface area contributed by atoms with Crippen LogP contribution >= 0.6 is 35.3 Å². The van der Waals surface area contributed by atoms with E-state index in [1.807, 2.05) is 19.5 Å². The maximum atomic E-state index is 5.44. The first-order valence-electron chi connectivity index (χ1n) is 8.24. The standard InChI is InChI=1S/C18H24N4O2S.HI/c1-12-17(25-11-21-12)9-20-18(19-2)22-6-5-13-7-15(23-3)16(24-4)8-14(13)10-22;/h7-8,11H,5-6,9-10H2,1-4H3,(H,19,20);1H. The predicted octanol–water partition coefficient (Wildman–Crippen LogP) is 3.22. The van der Waals surface area contributed by atoms with Crippen LogP contribution in [-0.4, -0.2) is 43.7 Å². The van der Waals surface area contributed by atoms with Crippen molar-refractivity contribution in [1.82, 2.24) is 15.2 Å². The number of aromatic nitrogens is 1. The van der Waals surface area contributed by atoms with Gasteiger partial charge < -0.3 is 19.7 Å². The van der Waals surface area contributed by atoms with Gasteiger partial charge in [-0.15, -0.1) is 35.3 Å². The molecule has 0 fully saturated rings. The van der Waals surface area contributed by atoms with Gasteiger partial charge in [-0.3, -0.25) is 4.99 Å². The third kappa shape index (κ3) is 4.40. The number of benzene rings is 1. The van der Waals surface area contributed by atoms with Gasteiger partial charge in [0.15, 0.2) is 17.5 Å². The van der Waals surface area contributed by atoms with Crippen molar-refractivity contribution in [3.05, 3.63) is 39.3 Å². The molecule has 0 spiro atoms. The fraction of sp³-hybridized carbons (Fsp3) is 0.444. The van der Waals surface area contributed by atoms with Gasteiger partial charge in [-0.2, -0.15) is 0 Å². The number of hydrogen-bond donors (Lipinski definition) is 1. The van der Waals surface area contributed by atoms with E-state index in [0.29, 0.717) is 0 Å². The summed E-state index contributed by atoms with van der Waals surface area (Å²) in [4.78, 5) is 12.3. The number of nitrogens with one attached hydrogen (secondary N) is 1. The van der Waals surface area contributed by atoms with E-state index in [9.17, 15) is 0 Å². The minimum atomic E-state index is 0. The largest absolute Gasteiger partial charge is 0.493 e. The molecule has 0 atom stereocenters. The summed E-state index contributed by atoms with van der Waals surface area (Å²) in [5.41, 5.74) is 5.52. The number of methoxy groups -OCH3 is 2. The van der Waals surface area contributed by atoms with Gasteiger partial charge in [0, 0.05) is 25.0 Å². The molecule has 0 saturated heterocycles. The van der Waals surface area contributed by atoms with E-state index in [4.69, 9.17) is 9.47 Å². The molecule has 1 aromatic carbocycles. The van der Waals surface area contributed by atoms with E-state index in [1.165, 1.54) is 16.0 Å². The topological polar surface area (TPSA) is 59.0 Å². The second-order valence-electron chi connectivity index (χ2n) is 5.91. The smallest absolute Gasteiger partial charge is 0.194 e. The molecule has 2 heterocycles. The lowest BCUT2D eigenvalue weighted by atomic mass is 9.99. The first-order valence-corrected chi connectivity index (χ1v) is 9.12. The average molecular weight is 488 g/mol. The average Bonchev–Trinajstić information content (AvgIpc) is 3.05. The van der Waals surface area contributed by atoms with E-state index >= 15 is 0 Å². The second-order valence-corrected chi connectivity index (χ2v) is 6.85. The maximum Gasteiger partial charge on any atom is 0.194 e. The van der Waals surface area contributed by atoms with Crippen LogP contribution < -0.4 is 14.8 Å². The van der Waals surface area contributed by atoms with Crippen molar-refractivity contribution in [2.45, 2.75) is 26.4 Å². The van der Waals surface area contributed by atoms with Crippen molar-refractivity contribution in [2.24, 2.45) is 4.99 Å². The SMILES string of the molecule is CN=C(NCc1scnc1C)N1CCc2cc(OC)c(OC)cc2C1.I. The molecule has 0 aliphatic carbocycles. The van der Waals surface area contributed by atoms with E-state index in [1.54, 1.807) is 25.6 Å². The lowest BCUT2D eigenvalue weighted by molar-refractivity contribution is 0.346. The number of halogens is 1. The molecular formula is C18H25IN4O2S. The van der Waals surface area contributed by atoms with E-state index in [0.717, 1.165) is 49.2 Å². The van der Waals surface area contributed by atoms with Crippen molar-refractivity contribution >= 4 is 41.3 Å². The number of nitrogens with zero attached hydrogens (tertiary/aromatic N) is 3. The minimum Gasteiger partial charge on any atom is -0.493 e. The van der Waals surface area contributed by atoms with E-state index in [-0.39, 0.29) is 24.0 Å². The Kier molecular flexibility index (Phi) is 7.51. The molecule has 26 heavy (non-hydrogen) atoms. The van der Waals surface area contributed by atoms with Gasteiger partial charge in [0.05, 0.1) is 32.0 Å². The molecule has 8 heteroatoms. The fourth-order valence-corrected chi connectivity index (χ4v) is 3.77. The minimum absolute atomic E-state index is 0. The number of rotatable bonds is 4. The molecule has 6 nitrogen and oxygen atoms in total. The predicted molar refractivity (Wildman–Crippen MR) is 116 cm³/mol. The molecule has 142 valence electrons. The lowest BCUT2D eigenvalue weighted by Gasteiger charge is -2.32. The Morgan fingerprint density at radius 3 is 2.54 bits per heavy atom. The zero-order chi connectivity index (χ0) is 17.8. The Balaban J connectivity index is 0.00000243. The van der Waals surface area contributed by atoms with Crippen molar-refractivity contribution < 1.29 is 9.47 Å². The summed E-state index contributed by atoms with van der Waals surface area (Å²) in [6, 6.07) is 4.16. The second kappa shape index (κ2) is 9.40. The van der Waals surface area contributed by atoms with E-state index in [2.05, 4.69) is 32.3 Å². The molecule has 0 bridgehead atoms. The Morgan fingerprint density at radius 2 is 1.96 bits per heavy atom. The van der Waals surface area contributed by atoms with Crippen LogP contribution in [0.25, 0.3) is 0 Å². The summed E-state index contributed by atoms with van der Waals surface area (Å²) in [6.45, 7) is 4.51. The van der Waals surface area contributed by atoms with Crippen LogP contribution in [0.1, 0.15) is 21.7 Å². The first kappa shape index (κ1) is 20.8. The van der Waals surface area contributed by atoms with Gasteiger partial charge in [0.1, 0.15) is 0 Å². The van der Waals surface area contributed by atoms with Crippen LogP contribution in [0.5, 0.6) is 11.5 Å². The zero-order valence-electron chi connectivity index (χ0n) is 15.5. The summed E-state index contributed by atoms with van der Waals surface area (Å²) in [7, 11) is 5.17. The molecule has 1 aromatic heterocycles. The normalized spacial score (nSPS) is 13.7. The van der Waals surface area contributed by atoms with Gasteiger partial charge in [-0.05, 0) is 36.6 Å². The van der Waals surface area contributed by atoms with E-state index < -0.39 is 0 Å². The molecule has 1 aliphatic rings. The monoisotopic (exact) mass is 488 g/mol. The quantitative estimate of drug-likeness (QED) is 0.407.